The van der Waals surface area contributed by atoms with Crippen molar-refractivity contribution in [3.63, 3.8) is 0 Å². The molecule has 2 bridgehead atoms. The van der Waals surface area contributed by atoms with Crippen LogP contribution in [-0.2, 0) is 0 Å². The zero-order valence-corrected chi connectivity index (χ0v) is 13.9. The fourth-order valence-electron chi connectivity index (χ4n) is 2.15. The summed E-state index contributed by atoms with van der Waals surface area (Å²) < 4.78 is 0.0864. The van der Waals surface area contributed by atoms with E-state index in [0.29, 0.717) is 20.4 Å². The zero-order valence-electron chi connectivity index (χ0n) is 5.98. The van der Waals surface area contributed by atoms with Crippen LogP contribution >= 0.6 is 79.6 Å². The van der Waals surface area contributed by atoms with Crippen molar-refractivity contribution in [2.75, 3.05) is 0 Å². The molecule has 2 aliphatic carbocycles. The Hall–Kier alpha value is 2.40. The molecule has 70 valence electrons. The lowest BCUT2D eigenvalue weighted by Gasteiger charge is -2.36. The number of rotatable bonds is 0. The Morgan fingerprint density at radius 1 is 1.00 bits per heavy atom. The van der Waals surface area contributed by atoms with Gasteiger partial charge in [-0.1, -0.05) is 79.6 Å². The van der Waals surface area contributed by atoms with E-state index in [1.165, 1.54) is 6.42 Å². The molecule has 2 saturated carbocycles. The van der Waals surface area contributed by atoms with Gasteiger partial charge in [0.15, 0.2) is 0 Å². The summed E-state index contributed by atoms with van der Waals surface area (Å²) in [5.41, 5.74) is 0. The molecule has 0 radical (unpaired) electrons. The molecular weight excluding hydrogens is 484 g/mol. The average molecular weight is 491 g/mol. The third kappa shape index (κ3) is 1.36. The van der Waals surface area contributed by atoms with Crippen molar-refractivity contribution in [3.8, 4) is 0 Å². The summed E-state index contributed by atoms with van der Waals surface area (Å²) >= 11 is 18.7. The van der Waals surface area contributed by atoms with Crippen LogP contribution in [0.25, 0.3) is 0 Å². The first-order valence-corrected chi connectivity index (χ1v) is 8.09. The van der Waals surface area contributed by atoms with Crippen molar-refractivity contribution in [2.24, 2.45) is 11.8 Å². The second kappa shape index (κ2) is 3.46. The van der Waals surface area contributed by atoms with Gasteiger partial charge in [-0.05, 0) is 18.3 Å². The molecule has 0 aromatic heterocycles. The maximum absolute atomic E-state index is 3.75. The lowest BCUT2D eigenvalue weighted by atomic mass is 10.0. The molecule has 0 saturated heterocycles. The number of alkyl halides is 5. The van der Waals surface area contributed by atoms with Crippen molar-refractivity contribution in [1.82, 2.24) is 0 Å². The van der Waals surface area contributed by atoms with E-state index in [1.807, 2.05) is 0 Å². The molecule has 2 aliphatic rings. The lowest BCUT2D eigenvalue weighted by Crippen LogP contribution is -2.42. The van der Waals surface area contributed by atoms with E-state index in [2.05, 4.69) is 79.6 Å². The quantitative estimate of drug-likeness (QED) is 0.441. The minimum Gasteiger partial charge on any atom is -0.0875 e. The average Bonchev–Trinajstić information content (AvgIpc) is 2.38. The van der Waals surface area contributed by atoms with Gasteiger partial charge in [-0.3, -0.25) is 0 Å². The highest BCUT2D eigenvalue weighted by molar-refractivity contribution is 9.26. The first kappa shape index (κ1) is 10.9. The largest absolute Gasteiger partial charge is 0.0971 e. The summed E-state index contributed by atoms with van der Waals surface area (Å²) in [6, 6.07) is 0. The predicted molar refractivity (Wildman–Crippen MR) is 70.3 cm³/mol. The smallest absolute Gasteiger partial charge is 0.0875 e. The van der Waals surface area contributed by atoms with Crippen LogP contribution in [0.1, 0.15) is 6.42 Å². The SMILES string of the molecule is Br[C@@H]1[C@H](Br)[C@@H]2C[C@H]1[C@@H](Br)C2(Br)Br. The van der Waals surface area contributed by atoms with Crippen LogP contribution < -0.4 is 0 Å². The number of halogens is 5. The van der Waals surface area contributed by atoms with Gasteiger partial charge in [0.1, 0.15) is 0 Å². The van der Waals surface area contributed by atoms with E-state index < -0.39 is 0 Å². The van der Waals surface area contributed by atoms with Crippen LogP contribution in [0.5, 0.6) is 0 Å². The number of hydrogen-bond donors (Lipinski definition) is 0. The van der Waals surface area contributed by atoms with Gasteiger partial charge in [0.25, 0.3) is 0 Å². The highest BCUT2D eigenvalue weighted by Crippen LogP contribution is 2.64. The molecular formula is C7H7Br5. The summed E-state index contributed by atoms with van der Waals surface area (Å²) in [5, 5.41) is 0. The zero-order chi connectivity index (χ0) is 9.09. The molecule has 5 atom stereocenters. The summed E-state index contributed by atoms with van der Waals surface area (Å²) in [4.78, 5) is 1.71. The second-order valence-corrected chi connectivity index (χ2v) is 10.3. The number of hydrogen-bond acceptors (Lipinski definition) is 0. The van der Waals surface area contributed by atoms with Crippen LogP contribution in [-0.4, -0.2) is 17.7 Å². The Labute approximate surface area is 114 Å². The van der Waals surface area contributed by atoms with E-state index >= 15 is 0 Å². The second-order valence-electron chi connectivity index (χ2n) is 3.47. The van der Waals surface area contributed by atoms with E-state index in [9.17, 15) is 0 Å². The maximum atomic E-state index is 3.75. The van der Waals surface area contributed by atoms with Gasteiger partial charge in [0, 0.05) is 14.5 Å². The topological polar surface area (TPSA) is 0 Å². The highest BCUT2D eigenvalue weighted by Gasteiger charge is 2.62. The molecule has 2 fully saturated rings. The third-order valence-electron chi connectivity index (χ3n) is 2.86. The van der Waals surface area contributed by atoms with Crippen molar-refractivity contribution in [1.29, 1.82) is 0 Å². The van der Waals surface area contributed by atoms with Crippen molar-refractivity contribution in [2.45, 2.75) is 24.1 Å². The van der Waals surface area contributed by atoms with Crippen LogP contribution in [0.2, 0.25) is 0 Å². The molecule has 0 aromatic carbocycles. The molecule has 2 rings (SSSR count). The van der Waals surface area contributed by atoms with E-state index in [-0.39, 0.29) is 3.23 Å². The fourth-order valence-corrected chi connectivity index (χ4v) is 7.69. The maximum Gasteiger partial charge on any atom is 0.0971 e. The van der Waals surface area contributed by atoms with Gasteiger partial charge in [0.2, 0.25) is 0 Å². The lowest BCUT2D eigenvalue weighted by molar-refractivity contribution is 0.530. The van der Waals surface area contributed by atoms with Crippen molar-refractivity contribution < 1.29 is 0 Å². The molecule has 0 aromatic rings. The highest BCUT2D eigenvalue weighted by atomic mass is 79.9. The van der Waals surface area contributed by atoms with Gasteiger partial charge >= 0.3 is 0 Å². The first-order valence-electron chi connectivity index (χ1n) is 3.76. The van der Waals surface area contributed by atoms with Gasteiger partial charge in [-0.2, -0.15) is 0 Å². The standard InChI is InChI=1S/C7H7Br5/c8-4-2-1-3(5(4)9)7(11,12)6(2)10/h2-6H,1H2/t2-,3+,4+,5-,6-/m1/s1. The monoisotopic (exact) mass is 486 g/mol. The summed E-state index contributed by atoms with van der Waals surface area (Å²) in [6.07, 6.45) is 1.28. The van der Waals surface area contributed by atoms with Crippen molar-refractivity contribution >= 4 is 79.6 Å². The van der Waals surface area contributed by atoms with Crippen LogP contribution in [0, 0.1) is 11.8 Å². The van der Waals surface area contributed by atoms with Gasteiger partial charge < -0.3 is 0 Å². The minimum atomic E-state index is 0.0864. The first-order chi connectivity index (χ1) is 5.46. The van der Waals surface area contributed by atoms with Crippen LogP contribution in [0.3, 0.4) is 0 Å². The molecule has 0 nitrogen and oxygen atoms in total. The molecule has 12 heavy (non-hydrogen) atoms. The van der Waals surface area contributed by atoms with Crippen LogP contribution in [0.4, 0.5) is 0 Å². The van der Waals surface area contributed by atoms with Crippen LogP contribution in [0.15, 0.2) is 0 Å². The third-order valence-corrected chi connectivity index (χ3v) is 10.8. The minimum absolute atomic E-state index is 0.0864. The summed E-state index contributed by atoms with van der Waals surface area (Å²) in [6.45, 7) is 0. The van der Waals surface area contributed by atoms with E-state index in [4.69, 9.17) is 0 Å². The fraction of sp³-hybridized carbons (Fsp3) is 1.00. The normalized spacial score (nSPS) is 56.2. The van der Waals surface area contributed by atoms with E-state index in [0.717, 1.165) is 5.92 Å². The Morgan fingerprint density at radius 2 is 1.58 bits per heavy atom. The summed E-state index contributed by atoms with van der Waals surface area (Å²) in [7, 11) is 0. The number of fused-ring (bicyclic) bond motifs is 2. The van der Waals surface area contributed by atoms with E-state index in [1.54, 1.807) is 0 Å². The molecule has 0 aliphatic heterocycles. The molecule has 5 heteroatoms. The molecule has 0 heterocycles. The molecule has 0 amide bonds. The Morgan fingerprint density at radius 3 is 2.00 bits per heavy atom. The summed E-state index contributed by atoms with van der Waals surface area (Å²) in [5.74, 6) is 1.38. The van der Waals surface area contributed by atoms with Gasteiger partial charge in [0.05, 0.1) is 3.23 Å². The van der Waals surface area contributed by atoms with Gasteiger partial charge in [-0.25, -0.2) is 0 Å². The Kier molecular flexibility index (Phi) is 3.14. The van der Waals surface area contributed by atoms with Gasteiger partial charge in [-0.15, -0.1) is 0 Å². The molecule has 0 unspecified atom stereocenters. The molecule has 0 N–H and O–H groups in total. The Bertz CT molecular complexity index is 204. The molecule has 0 spiro atoms. The Balaban J connectivity index is 2.30. The van der Waals surface area contributed by atoms with Crippen molar-refractivity contribution in [3.05, 3.63) is 0 Å². The predicted octanol–water partition coefficient (Wildman–Crippen LogP) is 4.41.